The molecule has 1 unspecified atom stereocenters. The molecule has 2 aromatic carbocycles. The zero-order chi connectivity index (χ0) is 18.8. The molecule has 2 aromatic rings. The first-order valence-electron chi connectivity index (χ1n) is 8.92. The van der Waals surface area contributed by atoms with Crippen LogP contribution in [-0.2, 0) is 0 Å². The number of carbonyl (C=O) groups excluding carboxylic acids is 1. The predicted octanol–water partition coefficient (Wildman–Crippen LogP) is 2.91. The van der Waals surface area contributed by atoms with Crippen molar-refractivity contribution in [2.24, 2.45) is 0 Å². The summed E-state index contributed by atoms with van der Waals surface area (Å²) in [6.45, 7) is 2.93. The SMILES string of the molecule is COc1cc(C(=O)N2CCNCC2c2cccc(Cl)c2)cc2c1OCCO2. The summed E-state index contributed by atoms with van der Waals surface area (Å²) in [5, 5.41) is 4.01. The maximum absolute atomic E-state index is 13.3. The smallest absolute Gasteiger partial charge is 0.254 e. The highest BCUT2D eigenvalue weighted by Crippen LogP contribution is 2.41. The van der Waals surface area contributed by atoms with Crippen LogP contribution in [0.25, 0.3) is 0 Å². The molecular formula is C20H21ClN2O4. The highest BCUT2D eigenvalue weighted by atomic mass is 35.5. The van der Waals surface area contributed by atoms with E-state index in [0.717, 1.165) is 12.1 Å². The fourth-order valence-electron chi connectivity index (χ4n) is 3.52. The van der Waals surface area contributed by atoms with Crippen molar-refractivity contribution in [3.05, 3.63) is 52.5 Å². The summed E-state index contributed by atoms with van der Waals surface area (Å²) in [4.78, 5) is 15.2. The second-order valence-corrected chi connectivity index (χ2v) is 6.91. The van der Waals surface area contributed by atoms with Crippen LogP contribution in [0.4, 0.5) is 0 Å². The molecule has 4 rings (SSSR count). The highest BCUT2D eigenvalue weighted by Gasteiger charge is 2.30. The second-order valence-electron chi connectivity index (χ2n) is 6.48. The molecule has 0 radical (unpaired) electrons. The second kappa shape index (κ2) is 7.66. The van der Waals surface area contributed by atoms with Gasteiger partial charge >= 0.3 is 0 Å². The number of amides is 1. The number of methoxy groups -OCH3 is 1. The molecule has 1 saturated heterocycles. The van der Waals surface area contributed by atoms with Crippen LogP contribution in [0.2, 0.25) is 5.02 Å². The zero-order valence-corrected chi connectivity index (χ0v) is 15.8. The van der Waals surface area contributed by atoms with Gasteiger partial charge in [0.15, 0.2) is 11.5 Å². The Balaban J connectivity index is 1.68. The number of ether oxygens (including phenoxy) is 3. The molecule has 0 saturated carbocycles. The first-order valence-corrected chi connectivity index (χ1v) is 9.30. The molecule has 2 aliphatic heterocycles. The van der Waals surface area contributed by atoms with E-state index in [9.17, 15) is 4.79 Å². The predicted molar refractivity (Wildman–Crippen MR) is 102 cm³/mol. The number of halogens is 1. The lowest BCUT2D eigenvalue weighted by atomic mass is 10.0. The van der Waals surface area contributed by atoms with Gasteiger partial charge < -0.3 is 24.4 Å². The number of fused-ring (bicyclic) bond motifs is 1. The number of carbonyl (C=O) groups is 1. The van der Waals surface area contributed by atoms with Crippen LogP contribution < -0.4 is 19.5 Å². The van der Waals surface area contributed by atoms with Crippen LogP contribution in [0.15, 0.2) is 36.4 Å². The van der Waals surface area contributed by atoms with E-state index in [1.54, 1.807) is 19.2 Å². The van der Waals surface area contributed by atoms with Gasteiger partial charge in [0, 0.05) is 30.2 Å². The minimum absolute atomic E-state index is 0.0725. The third-order valence-corrected chi connectivity index (χ3v) is 5.05. The first-order chi connectivity index (χ1) is 13.2. The minimum Gasteiger partial charge on any atom is -0.493 e. The normalized spacial score (nSPS) is 18.9. The fourth-order valence-corrected chi connectivity index (χ4v) is 3.72. The number of nitrogens with one attached hydrogen (secondary N) is 1. The standard InChI is InChI=1S/C20H21ClN2O4/c1-25-17-10-14(11-18-19(17)27-8-7-26-18)20(24)23-6-5-22-12-16(23)13-3-2-4-15(21)9-13/h2-4,9-11,16,22H,5-8,12H2,1H3. The monoisotopic (exact) mass is 388 g/mol. The van der Waals surface area contributed by atoms with Crippen molar-refractivity contribution in [3.8, 4) is 17.2 Å². The summed E-state index contributed by atoms with van der Waals surface area (Å²) in [6.07, 6.45) is 0. The van der Waals surface area contributed by atoms with Crippen molar-refractivity contribution in [2.75, 3.05) is 40.0 Å². The summed E-state index contributed by atoms with van der Waals surface area (Å²) < 4.78 is 16.7. The van der Waals surface area contributed by atoms with Gasteiger partial charge in [0.1, 0.15) is 13.2 Å². The van der Waals surface area contributed by atoms with Gasteiger partial charge in [-0.25, -0.2) is 0 Å². The van der Waals surface area contributed by atoms with Crippen molar-refractivity contribution in [3.63, 3.8) is 0 Å². The van der Waals surface area contributed by atoms with Gasteiger partial charge in [-0.2, -0.15) is 0 Å². The Hall–Kier alpha value is -2.44. The maximum Gasteiger partial charge on any atom is 0.254 e. The van der Waals surface area contributed by atoms with Gasteiger partial charge in [-0.05, 0) is 29.8 Å². The quantitative estimate of drug-likeness (QED) is 0.876. The summed E-state index contributed by atoms with van der Waals surface area (Å²) in [6, 6.07) is 11.0. The number of piperazine rings is 1. The Labute approximate surface area is 163 Å². The maximum atomic E-state index is 13.3. The lowest BCUT2D eigenvalue weighted by molar-refractivity contribution is 0.0632. The molecule has 0 aromatic heterocycles. The van der Waals surface area contributed by atoms with E-state index in [1.165, 1.54) is 0 Å². The van der Waals surface area contributed by atoms with Crippen LogP contribution >= 0.6 is 11.6 Å². The number of hydrogen-bond acceptors (Lipinski definition) is 5. The Morgan fingerprint density at radius 2 is 2.11 bits per heavy atom. The fraction of sp³-hybridized carbons (Fsp3) is 0.350. The molecule has 2 heterocycles. The van der Waals surface area contributed by atoms with Crippen LogP contribution in [0.3, 0.4) is 0 Å². The molecule has 1 fully saturated rings. The molecule has 1 N–H and O–H groups in total. The van der Waals surface area contributed by atoms with Gasteiger partial charge in [-0.1, -0.05) is 23.7 Å². The zero-order valence-electron chi connectivity index (χ0n) is 15.0. The number of nitrogens with zero attached hydrogens (tertiary/aromatic N) is 1. The Morgan fingerprint density at radius 3 is 2.93 bits per heavy atom. The van der Waals surface area contributed by atoms with Gasteiger partial charge in [-0.15, -0.1) is 0 Å². The molecule has 0 aliphatic carbocycles. The molecule has 1 amide bonds. The van der Waals surface area contributed by atoms with Crippen molar-refractivity contribution in [1.82, 2.24) is 10.2 Å². The average molecular weight is 389 g/mol. The highest BCUT2D eigenvalue weighted by molar-refractivity contribution is 6.30. The Bertz CT molecular complexity index is 841. The summed E-state index contributed by atoms with van der Waals surface area (Å²) in [5.41, 5.74) is 1.53. The van der Waals surface area contributed by atoms with Gasteiger partial charge in [0.2, 0.25) is 5.75 Å². The molecule has 142 valence electrons. The van der Waals surface area contributed by atoms with E-state index in [-0.39, 0.29) is 11.9 Å². The van der Waals surface area contributed by atoms with Crippen molar-refractivity contribution < 1.29 is 19.0 Å². The van der Waals surface area contributed by atoms with Crippen molar-refractivity contribution in [1.29, 1.82) is 0 Å². The molecule has 27 heavy (non-hydrogen) atoms. The van der Waals surface area contributed by atoms with Crippen LogP contribution in [0.1, 0.15) is 22.0 Å². The molecule has 0 spiro atoms. The summed E-state index contributed by atoms with van der Waals surface area (Å²) in [7, 11) is 1.56. The van der Waals surface area contributed by atoms with E-state index in [0.29, 0.717) is 54.1 Å². The van der Waals surface area contributed by atoms with Crippen LogP contribution in [-0.4, -0.2) is 50.8 Å². The van der Waals surface area contributed by atoms with Gasteiger partial charge in [0.05, 0.1) is 13.2 Å². The molecule has 2 aliphatic rings. The third-order valence-electron chi connectivity index (χ3n) is 4.81. The third kappa shape index (κ3) is 3.55. The molecule has 1 atom stereocenters. The van der Waals surface area contributed by atoms with Gasteiger partial charge in [-0.3, -0.25) is 4.79 Å². The van der Waals surface area contributed by atoms with Crippen LogP contribution in [0.5, 0.6) is 17.2 Å². The summed E-state index contributed by atoms with van der Waals surface area (Å²) in [5.74, 6) is 1.52. The van der Waals surface area contributed by atoms with Crippen molar-refractivity contribution in [2.45, 2.75) is 6.04 Å². The number of benzene rings is 2. The molecule has 7 heteroatoms. The Morgan fingerprint density at radius 1 is 1.26 bits per heavy atom. The number of rotatable bonds is 3. The molecular weight excluding hydrogens is 368 g/mol. The molecule has 0 bridgehead atoms. The van der Waals surface area contributed by atoms with E-state index in [1.807, 2.05) is 29.2 Å². The van der Waals surface area contributed by atoms with E-state index < -0.39 is 0 Å². The lowest BCUT2D eigenvalue weighted by Crippen LogP contribution is -2.48. The van der Waals surface area contributed by atoms with Crippen molar-refractivity contribution >= 4 is 17.5 Å². The Kier molecular flexibility index (Phi) is 5.09. The first kappa shape index (κ1) is 17.9. The largest absolute Gasteiger partial charge is 0.493 e. The topological polar surface area (TPSA) is 60.0 Å². The van der Waals surface area contributed by atoms with E-state index in [2.05, 4.69) is 5.32 Å². The summed E-state index contributed by atoms with van der Waals surface area (Å²) >= 11 is 6.16. The molecule has 6 nitrogen and oxygen atoms in total. The minimum atomic E-state index is -0.0934. The van der Waals surface area contributed by atoms with Crippen LogP contribution in [0, 0.1) is 0 Å². The van der Waals surface area contributed by atoms with E-state index in [4.69, 9.17) is 25.8 Å². The van der Waals surface area contributed by atoms with Gasteiger partial charge in [0.25, 0.3) is 5.91 Å². The lowest BCUT2D eigenvalue weighted by Gasteiger charge is -2.37. The average Bonchev–Trinajstić information content (AvgIpc) is 2.72. The van der Waals surface area contributed by atoms with E-state index >= 15 is 0 Å². The number of hydrogen-bond donors (Lipinski definition) is 1.